The summed E-state index contributed by atoms with van der Waals surface area (Å²) in [5.41, 5.74) is 7.10. The lowest BCUT2D eigenvalue weighted by molar-refractivity contribution is 0.318. The first-order chi connectivity index (χ1) is 9.65. The highest BCUT2D eigenvalue weighted by molar-refractivity contribution is 6.35. The molecule has 104 valence electrons. The lowest BCUT2D eigenvalue weighted by atomic mass is 10.2. The molecule has 1 aromatic heterocycles. The smallest absolute Gasteiger partial charge is 0.238 e. The van der Waals surface area contributed by atoms with Crippen molar-refractivity contribution in [2.75, 3.05) is 0 Å². The van der Waals surface area contributed by atoms with Gasteiger partial charge >= 0.3 is 0 Å². The fourth-order valence-electron chi connectivity index (χ4n) is 1.65. The summed E-state index contributed by atoms with van der Waals surface area (Å²) in [6.45, 7) is 2.08. The van der Waals surface area contributed by atoms with Gasteiger partial charge in [-0.05, 0) is 30.2 Å². The zero-order valence-corrected chi connectivity index (χ0v) is 11.6. The number of rotatable bonds is 4. The van der Waals surface area contributed by atoms with Gasteiger partial charge in [0.2, 0.25) is 5.88 Å². The molecule has 1 heterocycles. The van der Waals surface area contributed by atoms with E-state index in [-0.39, 0.29) is 16.7 Å². The van der Waals surface area contributed by atoms with Crippen LogP contribution in [0, 0.1) is 0 Å². The Balaban J connectivity index is 2.29. The summed E-state index contributed by atoms with van der Waals surface area (Å²) in [6, 6.07) is 9.16. The van der Waals surface area contributed by atoms with Crippen molar-refractivity contribution < 1.29 is 9.94 Å². The largest absolute Gasteiger partial charge is 0.438 e. The van der Waals surface area contributed by atoms with E-state index >= 15 is 0 Å². The van der Waals surface area contributed by atoms with Gasteiger partial charge in [0, 0.05) is 11.8 Å². The van der Waals surface area contributed by atoms with E-state index in [1.165, 1.54) is 11.8 Å². The van der Waals surface area contributed by atoms with Crippen LogP contribution in [0.4, 0.5) is 0 Å². The van der Waals surface area contributed by atoms with Crippen LogP contribution in [0.3, 0.4) is 0 Å². The van der Waals surface area contributed by atoms with E-state index in [1.54, 1.807) is 6.07 Å². The molecular weight excluding hydrogens is 278 g/mol. The number of ether oxygens (including phenoxy) is 1. The highest BCUT2D eigenvalue weighted by Crippen LogP contribution is 2.29. The van der Waals surface area contributed by atoms with Crippen molar-refractivity contribution in [1.82, 2.24) is 4.98 Å². The molecule has 0 saturated carbocycles. The van der Waals surface area contributed by atoms with Crippen LogP contribution >= 0.6 is 11.6 Å². The average molecular weight is 292 g/mol. The number of aromatic nitrogens is 1. The van der Waals surface area contributed by atoms with Crippen molar-refractivity contribution in [3.05, 3.63) is 52.7 Å². The van der Waals surface area contributed by atoms with E-state index in [4.69, 9.17) is 27.3 Å². The molecule has 0 atom stereocenters. The predicted molar refractivity (Wildman–Crippen MR) is 77.7 cm³/mol. The summed E-state index contributed by atoms with van der Waals surface area (Å²) >= 11 is 6.13. The van der Waals surface area contributed by atoms with Crippen LogP contribution in [0.15, 0.2) is 41.7 Å². The summed E-state index contributed by atoms with van der Waals surface area (Å²) in [4.78, 5) is 4.05. The second kappa shape index (κ2) is 6.25. The third-order valence-electron chi connectivity index (χ3n) is 2.79. The standard InChI is InChI=1S/C14H14ClN3O2/c1-2-9-3-5-10(6-4-9)20-14-12(15)11(7-8-17-14)13(16)18-19/h3-8,19H,2H2,1H3,(H2,16,18). The minimum atomic E-state index is -0.0939. The molecule has 0 spiro atoms. The first kappa shape index (κ1) is 14.1. The van der Waals surface area contributed by atoms with Gasteiger partial charge in [-0.25, -0.2) is 4.98 Å². The molecule has 0 radical (unpaired) electrons. The Morgan fingerprint density at radius 2 is 2.05 bits per heavy atom. The molecular formula is C14H14ClN3O2. The predicted octanol–water partition coefficient (Wildman–Crippen LogP) is 3.18. The van der Waals surface area contributed by atoms with E-state index in [0.717, 1.165) is 6.42 Å². The average Bonchev–Trinajstić information content (AvgIpc) is 2.49. The van der Waals surface area contributed by atoms with Gasteiger partial charge in [0.15, 0.2) is 5.84 Å². The maximum atomic E-state index is 8.69. The van der Waals surface area contributed by atoms with Crippen molar-refractivity contribution in [3.63, 3.8) is 0 Å². The third-order valence-corrected chi connectivity index (χ3v) is 3.15. The van der Waals surface area contributed by atoms with Gasteiger partial charge < -0.3 is 15.7 Å². The van der Waals surface area contributed by atoms with E-state index in [2.05, 4.69) is 17.1 Å². The van der Waals surface area contributed by atoms with Crippen LogP contribution in [-0.4, -0.2) is 16.0 Å². The van der Waals surface area contributed by atoms with Crippen LogP contribution in [0.25, 0.3) is 0 Å². The molecule has 1 aromatic carbocycles. The quantitative estimate of drug-likeness (QED) is 0.392. The zero-order valence-electron chi connectivity index (χ0n) is 10.9. The SMILES string of the molecule is CCc1ccc(Oc2nccc(/C(N)=N/O)c2Cl)cc1. The molecule has 5 nitrogen and oxygen atoms in total. The van der Waals surface area contributed by atoms with Crippen molar-refractivity contribution >= 4 is 17.4 Å². The zero-order chi connectivity index (χ0) is 14.5. The van der Waals surface area contributed by atoms with Gasteiger partial charge in [-0.15, -0.1) is 0 Å². The molecule has 20 heavy (non-hydrogen) atoms. The topological polar surface area (TPSA) is 80.7 Å². The van der Waals surface area contributed by atoms with Gasteiger partial charge in [0.05, 0.1) is 0 Å². The van der Waals surface area contributed by atoms with Crippen LogP contribution in [0.5, 0.6) is 11.6 Å². The van der Waals surface area contributed by atoms with Crippen LogP contribution < -0.4 is 10.5 Å². The molecule has 0 saturated heterocycles. The number of oxime groups is 1. The Morgan fingerprint density at radius 1 is 1.35 bits per heavy atom. The normalized spacial score (nSPS) is 11.4. The Bertz CT molecular complexity index is 627. The lowest BCUT2D eigenvalue weighted by Crippen LogP contribution is -2.14. The first-order valence-corrected chi connectivity index (χ1v) is 6.42. The number of nitrogens with two attached hydrogens (primary N) is 1. The number of aryl methyl sites for hydroxylation is 1. The molecule has 0 aliphatic carbocycles. The number of pyridine rings is 1. The molecule has 6 heteroatoms. The van der Waals surface area contributed by atoms with E-state index in [0.29, 0.717) is 11.3 Å². The van der Waals surface area contributed by atoms with Crippen LogP contribution in [0.2, 0.25) is 5.02 Å². The van der Waals surface area contributed by atoms with Gasteiger partial charge in [0.25, 0.3) is 0 Å². The van der Waals surface area contributed by atoms with Gasteiger partial charge in [-0.3, -0.25) is 0 Å². The fraction of sp³-hybridized carbons (Fsp3) is 0.143. The molecule has 0 fully saturated rings. The van der Waals surface area contributed by atoms with E-state index < -0.39 is 0 Å². The fourth-order valence-corrected chi connectivity index (χ4v) is 1.90. The number of hydrogen-bond donors (Lipinski definition) is 2. The highest BCUT2D eigenvalue weighted by atomic mass is 35.5. The number of hydrogen-bond acceptors (Lipinski definition) is 4. The Hall–Kier alpha value is -2.27. The maximum absolute atomic E-state index is 8.69. The highest BCUT2D eigenvalue weighted by Gasteiger charge is 2.12. The Kier molecular flexibility index (Phi) is 4.42. The molecule has 0 aliphatic heterocycles. The van der Waals surface area contributed by atoms with Crippen molar-refractivity contribution in [2.45, 2.75) is 13.3 Å². The second-order valence-electron chi connectivity index (χ2n) is 4.06. The molecule has 0 unspecified atom stereocenters. The molecule has 0 bridgehead atoms. The number of nitrogens with zero attached hydrogens (tertiary/aromatic N) is 2. The van der Waals surface area contributed by atoms with Crippen molar-refractivity contribution in [2.24, 2.45) is 10.9 Å². The summed E-state index contributed by atoms with van der Waals surface area (Å²) in [6.07, 6.45) is 2.44. The summed E-state index contributed by atoms with van der Waals surface area (Å²) in [7, 11) is 0. The number of halogens is 1. The summed E-state index contributed by atoms with van der Waals surface area (Å²) in [5, 5.41) is 11.8. The van der Waals surface area contributed by atoms with Crippen LogP contribution in [-0.2, 0) is 6.42 Å². The molecule has 0 amide bonds. The lowest BCUT2D eigenvalue weighted by Gasteiger charge is -2.09. The first-order valence-electron chi connectivity index (χ1n) is 6.05. The Labute approximate surface area is 121 Å². The summed E-state index contributed by atoms with van der Waals surface area (Å²) in [5.74, 6) is 0.733. The number of benzene rings is 1. The van der Waals surface area contributed by atoms with Crippen molar-refractivity contribution in [3.8, 4) is 11.6 Å². The van der Waals surface area contributed by atoms with E-state index in [1.807, 2.05) is 24.3 Å². The van der Waals surface area contributed by atoms with Gasteiger partial charge in [0.1, 0.15) is 10.8 Å². The van der Waals surface area contributed by atoms with Gasteiger partial charge in [-0.2, -0.15) is 0 Å². The molecule has 3 N–H and O–H groups in total. The number of amidine groups is 1. The minimum Gasteiger partial charge on any atom is -0.438 e. The second-order valence-corrected chi connectivity index (χ2v) is 4.44. The minimum absolute atomic E-state index is 0.0939. The van der Waals surface area contributed by atoms with Crippen molar-refractivity contribution in [1.29, 1.82) is 0 Å². The van der Waals surface area contributed by atoms with Gasteiger partial charge in [-0.1, -0.05) is 35.8 Å². The molecule has 2 aromatic rings. The molecule has 2 rings (SSSR count). The molecule has 0 aliphatic rings. The monoisotopic (exact) mass is 291 g/mol. The van der Waals surface area contributed by atoms with Crippen LogP contribution in [0.1, 0.15) is 18.1 Å². The third kappa shape index (κ3) is 3.00. The maximum Gasteiger partial charge on any atom is 0.238 e. The Morgan fingerprint density at radius 3 is 2.65 bits per heavy atom. The van der Waals surface area contributed by atoms with E-state index in [9.17, 15) is 0 Å². The summed E-state index contributed by atoms with van der Waals surface area (Å²) < 4.78 is 5.61.